The molecule has 1 aromatic carbocycles. The van der Waals surface area contributed by atoms with Gasteiger partial charge >= 0.3 is 12.1 Å². The van der Waals surface area contributed by atoms with Crippen LogP contribution in [0, 0.1) is 0 Å². The van der Waals surface area contributed by atoms with Crippen LogP contribution in [0.1, 0.15) is 11.6 Å². The van der Waals surface area contributed by atoms with Crippen molar-refractivity contribution >= 4 is 17.6 Å². The summed E-state index contributed by atoms with van der Waals surface area (Å²) in [5, 5.41) is 11.1. The van der Waals surface area contributed by atoms with Gasteiger partial charge in [0, 0.05) is 5.02 Å². The molecule has 0 radical (unpaired) electrons. The Balaban J connectivity index is 2.79. The highest BCUT2D eigenvalue weighted by molar-refractivity contribution is 6.30. The number of nitrogens with one attached hydrogen (secondary N) is 1. The molecule has 0 aliphatic carbocycles. The van der Waals surface area contributed by atoms with Crippen molar-refractivity contribution in [3.8, 4) is 0 Å². The second-order valence-corrected chi connectivity index (χ2v) is 3.76. The predicted octanol–water partition coefficient (Wildman–Crippen LogP) is 2.62. The number of hydrogen-bond donors (Lipinski definition) is 2. The molecule has 0 aliphatic heterocycles. The van der Waals surface area contributed by atoms with Gasteiger partial charge in [-0.05, 0) is 17.7 Å². The van der Waals surface area contributed by atoms with E-state index < -0.39 is 24.7 Å². The lowest BCUT2D eigenvalue weighted by Crippen LogP contribution is -2.35. The van der Waals surface area contributed by atoms with Crippen molar-refractivity contribution in [2.45, 2.75) is 12.2 Å². The van der Waals surface area contributed by atoms with E-state index in [4.69, 9.17) is 16.7 Å². The number of carboxylic acid groups (broad SMARTS) is 1. The predicted molar refractivity (Wildman–Crippen MR) is 55.9 cm³/mol. The Morgan fingerprint density at radius 3 is 2.29 bits per heavy atom. The summed E-state index contributed by atoms with van der Waals surface area (Å²) in [6.45, 7) is -1.37. The third-order valence-corrected chi connectivity index (χ3v) is 2.21. The molecule has 2 N–H and O–H groups in total. The highest BCUT2D eigenvalue weighted by Crippen LogP contribution is 2.19. The molecule has 7 heteroatoms. The second kappa shape index (κ2) is 5.37. The topological polar surface area (TPSA) is 49.3 Å². The van der Waals surface area contributed by atoms with Crippen LogP contribution in [0.2, 0.25) is 5.02 Å². The zero-order valence-corrected chi connectivity index (χ0v) is 9.22. The van der Waals surface area contributed by atoms with Gasteiger partial charge in [0.25, 0.3) is 0 Å². The molecule has 1 aromatic rings. The molecule has 3 nitrogen and oxygen atoms in total. The van der Waals surface area contributed by atoms with Crippen LogP contribution in [0.25, 0.3) is 0 Å². The minimum atomic E-state index is -4.46. The summed E-state index contributed by atoms with van der Waals surface area (Å²) < 4.78 is 35.9. The van der Waals surface area contributed by atoms with E-state index in [1.165, 1.54) is 24.3 Å². The fourth-order valence-electron chi connectivity index (χ4n) is 1.22. The molecule has 1 rings (SSSR count). The number of aliphatic carboxylic acids is 1. The Labute approximate surface area is 100 Å². The first-order valence-electron chi connectivity index (χ1n) is 4.58. The van der Waals surface area contributed by atoms with E-state index in [0.717, 1.165) is 0 Å². The van der Waals surface area contributed by atoms with Gasteiger partial charge < -0.3 is 5.11 Å². The van der Waals surface area contributed by atoms with Gasteiger partial charge in [0.2, 0.25) is 0 Å². The summed E-state index contributed by atoms with van der Waals surface area (Å²) in [6, 6.07) is 4.16. The van der Waals surface area contributed by atoms with Crippen LogP contribution in [0.4, 0.5) is 13.2 Å². The number of halogens is 4. The Morgan fingerprint density at radius 2 is 1.88 bits per heavy atom. The minimum absolute atomic E-state index is 0.214. The van der Waals surface area contributed by atoms with Crippen LogP contribution >= 0.6 is 11.6 Å². The van der Waals surface area contributed by atoms with Crippen LogP contribution < -0.4 is 5.32 Å². The molecular formula is C10H9ClF3NO2. The van der Waals surface area contributed by atoms with Crippen molar-refractivity contribution in [2.75, 3.05) is 6.54 Å². The Morgan fingerprint density at radius 1 is 1.35 bits per heavy atom. The molecule has 1 atom stereocenters. The van der Waals surface area contributed by atoms with E-state index in [1.807, 2.05) is 5.32 Å². The van der Waals surface area contributed by atoms with E-state index in [2.05, 4.69) is 0 Å². The summed E-state index contributed by atoms with van der Waals surface area (Å²) in [5.74, 6) is -1.38. The smallest absolute Gasteiger partial charge is 0.401 e. The molecule has 0 spiro atoms. The van der Waals surface area contributed by atoms with Gasteiger partial charge in [0.05, 0.1) is 6.54 Å². The zero-order chi connectivity index (χ0) is 13.1. The number of benzene rings is 1. The van der Waals surface area contributed by atoms with Gasteiger partial charge in [0.15, 0.2) is 0 Å². The molecule has 0 bridgehead atoms. The number of carbonyl (C=O) groups is 1. The SMILES string of the molecule is O=C(O)C(NCC(F)(F)F)c1ccc(Cl)cc1. The number of alkyl halides is 3. The minimum Gasteiger partial charge on any atom is -0.480 e. The summed E-state index contributed by atoms with van der Waals surface area (Å²) in [5.41, 5.74) is 0.214. The Bertz CT molecular complexity index is 392. The average molecular weight is 268 g/mol. The first-order valence-corrected chi connectivity index (χ1v) is 4.96. The van der Waals surface area contributed by atoms with E-state index in [9.17, 15) is 18.0 Å². The number of carboxylic acids is 1. The number of rotatable bonds is 4. The van der Waals surface area contributed by atoms with E-state index in [1.54, 1.807) is 0 Å². The normalized spacial score (nSPS) is 13.4. The van der Waals surface area contributed by atoms with Gasteiger partial charge in [0.1, 0.15) is 6.04 Å². The monoisotopic (exact) mass is 267 g/mol. The molecule has 0 fully saturated rings. The first-order chi connectivity index (χ1) is 7.79. The highest BCUT2D eigenvalue weighted by Gasteiger charge is 2.30. The third kappa shape index (κ3) is 4.62. The van der Waals surface area contributed by atoms with Crippen molar-refractivity contribution in [2.24, 2.45) is 0 Å². The molecular weight excluding hydrogens is 259 g/mol. The largest absolute Gasteiger partial charge is 0.480 e. The molecule has 94 valence electrons. The maximum absolute atomic E-state index is 12.0. The summed E-state index contributed by atoms with van der Waals surface area (Å²) in [4.78, 5) is 10.8. The maximum atomic E-state index is 12.0. The third-order valence-electron chi connectivity index (χ3n) is 1.96. The van der Waals surface area contributed by atoms with Crippen LogP contribution in [-0.4, -0.2) is 23.8 Å². The van der Waals surface area contributed by atoms with Crippen molar-refractivity contribution in [3.05, 3.63) is 34.9 Å². The van der Waals surface area contributed by atoms with Crippen LogP contribution in [0.15, 0.2) is 24.3 Å². The highest BCUT2D eigenvalue weighted by atomic mass is 35.5. The molecule has 0 aliphatic rings. The standard InChI is InChI=1S/C10H9ClF3NO2/c11-7-3-1-6(2-4-7)8(9(16)17)15-5-10(12,13)14/h1-4,8,15H,5H2,(H,16,17). The van der Waals surface area contributed by atoms with Crippen molar-refractivity contribution in [1.29, 1.82) is 0 Å². The van der Waals surface area contributed by atoms with E-state index in [-0.39, 0.29) is 5.56 Å². The van der Waals surface area contributed by atoms with E-state index in [0.29, 0.717) is 5.02 Å². The lowest BCUT2D eigenvalue weighted by molar-refractivity contribution is -0.143. The van der Waals surface area contributed by atoms with E-state index >= 15 is 0 Å². The molecule has 1 unspecified atom stereocenters. The zero-order valence-electron chi connectivity index (χ0n) is 8.46. The fourth-order valence-corrected chi connectivity index (χ4v) is 1.35. The molecule has 0 amide bonds. The average Bonchev–Trinajstić information content (AvgIpc) is 2.18. The molecule has 0 heterocycles. The van der Waals surface area contributed by atoms with Crippen LogP contribution in [0.3, 0.4) is 0 Å². The summed E-state index contributed by atoms with van der Waals surface area (Å²) >= 11 is 5.60. The molecule has 0 saturated heterocycles. The van der Waals surface area contributed by atoms with Gasteiger partial charge in [-0.3, -0.25) is 10.1 Å². The van der Waals surface area contributed by atoms with Gasteiger partial charge in [-0.2, -0.15) is 13.2 Å². The molecule has 0 aromatic heterocycles. The first kappa shape index (κ1) is 13.8. The van der Waals surface area contributed by atoms with Crippen LogP contribution in [0.5, 0.6) is 0 Å². The second-order valence-electron chi connectivity index (χ2n) is 3.32. The van der Waals surface area contributed by atoms with Gasteiger partial charge in [-0.25, -0.2) is 0 Å². The number of hydrogen-bond acceptors (Lipinski definition) is 2. The van der Waals surface area contributed by atoms with Crippen LogP contribution in [-0.2, 0) is 4.79 Å². The van der Waals surface area contributed by atoms with Gasteiger partial charge in [-0.15, -0.1) is 0 Å². The quantitative estimate of drug-likeness (QED) is 0.882. The fraction of sp³-hybridized carbons (Fsp3) is 0.300. The van der Waals surface area contributed by atoms with Crippen molar-refractivity contribution in [1.82, 2.24) is 5.32 Å². The lowest BCUT2D eigenvalue weighted by atomic mass is 10.1. The van der Waals surface area contributed by atoms with Crippen molar-refractivity contribution < 1.29 is 23.1 Å². The molecule has 0 saturated carbocycles. The van der Waals surface area contributed by atoms with Crippen molar-refractivity contribution in [3.63, 3.8) is 0 Å². The Hall–Kier alpha value is -1.27. The summed E-state index contributed by atoms with van der Waals surface area (Å²) in [6.07, 6.45) is -4.46. The Kier molecular flexibility index (Phi) is 4.36. The van der Waals surface area contributed by atoms with Gasteiger partial charge in [-0.1, -0.05) is 23.7 Å². The molecule has 17 heavy (non-hydrogen) atoms. The lowest BCUT2D eigenvalue weighted by Gasteiger charge is -2.16. The maximum Gasteiger partial charge on any atom is 0.401 e. The summed E-state index contributed by atoms with van der Waals surface area (Å²) in [7, 11) is 0.